The molecule has 0 heterocycles. The molecule has 0 amide bonds. The fourth-order valence-electron chi connectivity index (χ4n) is 1.80. The zero-order valence-electron chi connectivity index (χ0n) is 10.7. The molecule has 0 aliphatic heterocycles. The van der Waals surface area contributed by atoms with E-state index in [1.165, 1.54) is 6.07 Å². The second kappa shape index (κ2) is 7.33. The van der Waals surface area contributed by atoms with E-state index in [1.807, 2.05) is 30.3 Å². The highest BCUT2D eigenvalue weighted by Crippen LogP contribution is 2.26. The predicted molar refractivity (Wildman–Crippen MR) is 70.1 cm³/mol. The van der Waals surface area contributed by atoms with Crippen molar-refractivity contribution in [3.8, 4) is 11.1 Å². The van der Waals surface area contributed by atoms with E-state index in [1.54, 1.807) is 19.1 Å². The first-order valence-electron chi connectivity index (χ1n) is 5.81. The van der Waals surface area contributed by atoms with Crippen LogP contribution in [0.1, 0.15) is 18.4 Å². The average Bonchev–Trinajstić information content (AvgIpc) is 2.49. The van der Waals surface area contributed by atoms with Crippen LogP contribution >= 0.6 is 0 Å². The van der Waals surface area contributed by atoms with Gasteiger partial charge in [-0.3, -0.25) is 4.79 Å². The smallest absolute Gasteiger partial charge is 0.310 e. The van der Waals surface area contributed by atoms with Gasteiger partial charge in [-0.1, -0.05) is 42.5 Å². The number of aliphatic carboxylic acids is 1. The third kappa shape index (κ3) is 3.60. The van der Waals surface area contributed by atoms with E-state index < -0.39 is 17.7 Å². The lowest BCUT2D eigenvalue weighted by molar-refractivity contribution is -0.138. The summed E-state index contributed by atoms with van der Waals surface area (Å²) >= 11 is 0. The average molecular weight is 282 g/mol. The van der Waals surface area contributed by atoms with Gasteiger partial charge in [-0.15, -0.1) is 0 Å². The van der Waals surface area contributed by atoms with Crippen molar-refractivity contribution in [1.29, 1.82) is 0 Å². The fraction of sp³-hybridized carbons (Fsp3) is 0.133. The number of benzene rings is 2. The molecule has 0 aliphatic carbocycles. The van der Waals surface area contributed by atoms with Gasteiger partial charge in [0.2, 0.25) is 0 Å². The third-order valence-electron chi connectivity index (χ3n) is 2.95. The molecule has 0 aromatic heterocycles. The molecule has 0 bridgehead atoms. The number of hydrogen-bond donors (Lipinski definition) is 1. The minimum Gasteiger partial charge on any atom is -0.481 e. The third-order valence-corrected chi connectivity index (χ3v) is 2.95. The van der Waals surface area contributed by atoms with Crippen molar-refractivity contribution in [2.75, 3.05) is 0 Å². The summed E-state index contributed by atoms with van der Waals surface area (Å²) in [4.78, 5) is 10.8. The van der Waals surface area contributed by atoms with Crippen molar-refractivity contribution >= 4 is 5.97 Å². The normalized spacial score (nSPS) is 11.2. The van der Waals surface area contributed by atoms with E-state index in [2.05, 4.69) is 0 Å². The summed E-state index contributed by atoms with van der Waals surface area (Å²) in [6.45, 7) is 1.54. The lowest BCUT2D eigenvalue weighted by Gasteiger charge is -2.09. The minimum atomic E-state index is -0.957. The maximum absolute atomic E-state index is 14.0. The quantitative estimate of drug-likeness (QED) is 0.898. The molecule has 1 unspecified atom stereocenters. The number of hydrogen-bond acceptors (Lipinski definition) is 1. The van der Waals surface area contributed by atoms with Gasteiger partial charge >= 0.3 is 5.97 Å². The SMILES string of the molecule is CC(C(=O)O)c1ccc(-c2ccccc2)c(F)c1.FF. The van der Waals surface area contributed by atoms with Crippen LogP contribution in [0.25, 0.3) is 11.1 Å². The van der Waals surface area contributed by atoms with Crippen LogP contribution in [-0.2, 0) is 4.79 Å². The number of halogens is 3. The standard InChI is InChI=1S/C15H13FO2.F2/c1-10(15(17)18)12-7-8-13(14(16)9-12)11-5-3-2-4-6-11;1-2/h2-10H,1H3,(H,17,18);. The van der Waals surface area contributed by atoms with Crippen molar-refractivity contribution in [1.82, 2.24) is 0 Å². The second-order valence-electron chi connectivity index (χ2n) is 4.17. The van der Waals surface area contributed by atoms with Gasteiger partial charge in [-0.2, -0.15) is 0 Å². The van der Waals surface area contributed by atoms with Gasteiger partial charge in [0.1, 0.15) is 5.82 Å². The highest BCUT2D eigenvalue weighted by molar-refractivity contribution is 5.76. The molecule has 2 rings (SSSR count). The lowest BCUT2D eigenvalue weighted by atomic mass is 9.97. The fourth-order valence-corrected chi connectivity index (χ4v) is 1.80. The van der Waals surface area contributed by atoms with Crippen LogP contribution < -0.4 is 0 Å². The number of carboxylic acids is 1. The Morgan fingerprint density at radius 3 is 2.20 bits per heavy atom. The molecule has 20 heavy (non-hydrogen) atoms. The first-order chi connectivity index (χ1) is 9.59. The summed E-state index contributed by atoms with van der Waals surface area (Å²) in [6, 6.07) is 13.7. The maximum Gasteiger partial charge on any atom is 0.310 e. The van der Waals surface area contributed by atoms with Crippen LogP contribution in [0.2, 0.25) is 0 Å². The zero-order valence-corrected chi connectivity index (χ0v) is 10.7. The highest BCUT2D eigenvalue weighted by atomic mass is 20.0. The number of carbonyl (C=O) groups is 1. The van der Waals surface area contributed by atoms with Crippen molar-refractivity contribution in [3.63, 3.8) is 0 Å². The van der Waals surface area contributed by atoms with Gasteiger partial charge in [0.15, 0.2) is 0 Å². The van der Waals surface area contributed by atoms with Crippen LogP contribution in [0.4, 0.5) is 13.5 Å². The topological polar surface area (TPSA) is 37.3 Å². The van der Waals surface area contributed by atoms with E-state index in [0.29, 0.717) is 11.1 Å². The van der Waals surface area contributed by atoms with Crippen LogP contribution in [0, 0.1) is 5.82 Å². The van der Waals surface area contributed by atoms with Crippen molar-refractivity contribution in [2.45, 2.75) is 12.8 Å². The molecule has 5 heteroatoms. The molecule has 2 aromatic rings. The summed E-state index contributed by atoms with van der Waals surface area (Å²) in [5, 5.41) is 8.89. The first-order valence-corrected chi connectivity index (χ1v) is 5.81. The van der Waals surface area contributed by atoms with Gasteiger partial charge in [0.25, 0.3) is 0 Å². The van der Waals surface area contributed by atoms with Gasteiger partial charge in [-0.25, -0.2) is 4.39 Å². The van der Waals surface area contributed by atoms with Gasteiger partial charge in [0.05, 0.1) is 5.92 Å². The summed E-state index contributed by atoms with van der Waals surface area (Å²) in [5.41, 5.74) is 1.74. The van der Waals surface area contributed by atoms with E-state index >= 15 is 0 Å². The largest absolute Gasteiger partial charge is 0.481 e. The Morgan fingerprint density at radius 2 is 1.70 bits per heavy atom. The highest BCUT2D eigenvalue weighted by Gasteiger charge is 2.15. The maximum atomic E-state index is 14.0. The zero-order chi connectivity index (χ0) is 15.1. The Bertz CT molecular complexity index is 571. The van der Waals surface area contributed by atoms with Crippen molar-refractivity contribution in [3.05, 3.63) is 59.9 Å². The Hall–Kier alpha value is -2.30. The molecular formula is C15H13F3O2. The molecule has 106 valence electrons. The monoisotopic (exact) mass is 282 g/mol. The number of carboxylic acid groups (broad SMARTS) is 1. The Kier molecular flexibility index (Phi) is 5.77. The molecule has 0 saturated heterocycles. The van der Waals surface area contributed by atoms with Crippen LogP contribution in [0.5, 0.6) is 0 Å². The second-order valence-corrected chi connectivity index (χ2v) is 4.17. The molecule has 2 nitrogen and oxygen atoms in total. The van der Waals surface area contributed by atoms with Crippen LogP contribution in [0.15, 0.2) is 48.5 Å². The predicted octanol–water partition coefficient (Wildman–Crippen LogP) is 4.52. The first kappa shape index (κ1) is 15.8. The van der Waals surface area contributed by atoms with E-state index in [-0.39, 0.29) is 0 Å². The van der Waals surface area contributed by atoms with Gasteiger partial charge < -0.3 is 5.11 Å². The molecule has 1 atom stereocenters. The molecule has 0 radical (unpaired) electrons. The van der Waals surface area contributed by atoms with E-state index in [0.717, 1.165) is 5.56 Å². The minimum absolute atomic E-state index is 0.396. The lowest BCUT2D eigenvalue weighted by Crippen LogP contribution is -2.07. The van der Waals surface area contributed by atoms with Crippen molar-refractivity contribution < 1.29 is 23.4 Å². The van der Waals surface area contributed by atoms with Crippen LogP contribution in [-0.4, -0.2) is 11.1 Å². The molecule has 0 fully saturated rings. The molecule has 0 aliphatic rings. The Morgan fingerprint density at radius 1 is 1.10 bits per heavy atom. The molecular weight excluding hydrogens is 269 g/mol. The Balaban J connectivity index is 0.000000956. The molecule has 1 N–H and O–H groups in total. The van der Waals surface area contributed by atoms with E-state index in [9.17, 15) is 9.18 Å². The summed E-state index contributed by atoms with van der Waals surface area (Å²) in [5.74, 6) is -2.06. The summed E-state index contributed by atoms with van der Waals surface area (Å²) < 4.78 is 30.0. The van der Waals surface area contributed by atoms with Gasteiger partial charge in [0, 0.05) is 14.7 Å². The molecule has 0 spiro atoms. The Labute approximate surface area is 114 Å². The van der Waals surface area contributed by atoms with Crippen molar-refractivity contribution in [2.24, 2.45) is 0 Å². The van der Waals surface area contributed by atoms with E-state index in [4.69, 9.17) is 14.3 Å². The summed E-state index contributed by atoms with van der Waals surface area (Å²) in [7, 11) is 0. The summed E-state index contributed by atoms with van der Waals surface area (Å²) in [6.07, 6.45) is 0. The van der Waals surface area contributed by atoms with Crippen LogP contribution in [0.3, 0.4) is 0 Å². The molecule has 0 saturated carbocycles. The van der Waals surface area contributed by atoms with Gasteiger partial charge in [-0.05, 0) is 24.1 Å². The number of rotatable bonds is 3. The molecule has 2 aromatic carbocycles.